The van der Waals surface area contributed by atoms with Crippen LogP contribution in [0.2, 0.25) is 0 Å². The van der Waals surface area contributed by atoms with E-state index in [1.54, 1.807) is 0 Å². The largest absolute Gasteiger partial charge is 0.310 e. The van der Waals surface area contributed by atoms with Crippen molar-refractivity contribution in [1.29, 1.82) is 0 Å². The van der Waals surface area contributed by atoms with Crippen LogP contribution in [0.25, 0.3) is 49.7 Å². The van der Waals surface area contributed by atoms with Crippen LogP contribution in [0.4, 0.5) is 17.1 Å². The number of aromatic nitrogens is 1. The van der Waals surface area contributed by atoms with Crippen LogP contribution in [0.1, 0.15) is 18.4 Å². The predicted molar refractivity (Wildman–Crippen MR) is 223 cm³/mol. The van der Waals surface area contributed by atoms with Crippen molar-refractivity contribution < 1.29 is 0 Å². The molecule has 0 unspecified atom stereocenters. The summed E-state index contributed by atoms with van der Waals surface area (Å²) in [6.45, 7) is 4.35. The minimum Gasteiger partial charge on any atom is -0.310 e. The zero-order valence-electron chi connectivity index (χ0n) is 29.0. The molecule has 9 rings (SSSR count). The standard InChI is InChI=1S/C49H38N2S/c1-35-16-5-2-6-17-38-30-37(28-29-49(38)52-35)40-31-39(33-44(34-40)50(41-19-7-3-8-20-41)42-21-9-4-10-22-42)36-18-15-23-43(32-36)51-47-26-13-11-24-45(47)46-25-12-14-27-48(46)51/h2-4,6-15,18-34H,1,5,16-17H2/b6-2-. The minimum atomic E-state index is 0.914. The van der Waals surface area contributed by atoms with Crippen molar-refractivity contribution in [2.24, 2.45) is 0 Å². The first-order chi connectivity index (χ1) is 25.7. The van der Waals surface area contributed by atoms with Gasteiger partial charge in [-0.05, 0) is 131 Å². The Hall–Kier alpha value is -6.03. The van der Waals surface area contributed by atoms with Crippen molar-refractivity contribution >= 4 is 50.6 Å². The van der Waals surface area contributed by atoms with E-state index in [1.807, 2.05) is 11.8 Å². The maximum absolute atomic E-state index is 4.35. The van der Waals surface area contributed by atoms with Gasteiger partial charge in [-0.25, -0.2) is 0 Å². The van der Waals surface area contributed by atoms with Crippen molar-refractivity contribution in [2.75, 3.05) is 4.90 Å². The number of hydrogen-bond acceptors (Lipinski definition) is 2. The van der Waals surface area contributed by atoms with Gasteiger partial charge in [-0.1, -0.05) is 121 Å². The average Bonchev–Trinajstić information content (AvgIpc) is 3.57. The molecule has 52 heavy (non-hydrogen) atoms. The molecule has 0 spiro atoms. The van der Waals surface area contributed by atoms with Crippen molar-refractivity contribution in [3.8, 4) is 27.9 Å². The predicted octanol–water partition coefficient (Wildman–Crippen LogP) is 14.1. The molecular weight excluding hydrogens is 649 g/mol. The van der Waals surface area contributed by atoms with Gasteiger partial charge in [0.1, 0.15) is 0 Å². The van der Waals surface area contributed by atoms with Gasteiger partial charge in [0, 0.05) is 38.4 Å². The molecule has 2 nitrogen and oxygen atoms in total. The van der Waals surface area contributed by atoms with Crippen LogP contribution in [0, 0.1) is 0 Å². The van der Waals surface area contributed by atoms with Crippen molar-refractivity contribution in [2.45, 2.75) is 24.2 Å². The molecule has 0 radical (unpaired) electrons. The van der Waals surface area contributed by atoms with E-state index >= 15 is 0 Å². The SMILES string of the molecule is C=C1CC/C=C\Cc2cc(-c3cc(-c4cccc(-n5c6ccccc6c6ccccc65)c4)cc(N(c4ccccc4)c4ccccc4)c3)ccc2S1. The highest BCUT2D eigenvalue weighted by Crippen LogP contribution is 2.42. The second-order valence-electron chi connectivity index (χ2n) is 13.4. The third-order valence-corrected chi connectivity index (χ3v) is 11.1. The van der Waals surface area contributed by atoms with Crippen LogP contribution >= 0.6 is 11.8 Å². The number of allylic oxidation sites excluding steroid dienone is 3. The lowest BCUT2D eigenvalue weighted by Gasteiger charge is -2.27. The summed E-state index contributed by atoms with van der Waals surface area (Å²) in [6, 6.07) is 61.8. The van der Waals surface area contributed by atoms with Gasteiger partial charge >= 0.3 is 0 Å². The number of rotatable bonds is 6. The molecule has 7 aromatic carbocycles. The fourth-order valence-electron chi connectivity index (χ4n) is 7.50. The summed E-state index contributed by atoms with van der Waals surface area (Å²) in [4.78, 5) is 4.88. The van der Waals surface area contributed by atoms with Gasteiger partial charge in [-0.2, -0.15) is 0 Å². The van der Waals surface area contributed by atoms with E-state index in [2.05, 4.69) is 198 Å². The minimum absolute atomic E-state index is 0.914. The molecule has 0 atom stereocenters. The van der Waals surface area contributed by atoms with E-state index in [0.717, 1.165) is 47.6 Å². The third kappa shape index (κ3) is 6.14. The summed E-state index contributed by atoms with van der Waals surface area (Å²) >= 11 is 1.82. The normalized spacial score (nSPS) is 13.7. The lowest BCUT2D eigenvalue weighted by Crippen LogP contribution is -2.10. The molecule has 1 aliphatic heterocycles. The Kier molecular flexibility index (Phi) is 8.56. The van der Waals surface area contributed by atoms with Crippen LogP contribution in [0.5, 0.6) is 0 Å². The summed E-state index contributed by atoms with van der Waals surface area (Å²) in [5.41, 5.74) is 13.0. The van der Waals surface area contributed by atoms with Crippen molar-refractivity contribution in [1.82, 2.24) is 4.57 Å². The van der Waals surface area contributed by atoms with E-state index in [9.17, 15) is 0 Å². The molecule has 2 heterocycles. The molecule has 8 aromatic rings. The fourth-order valence-corrected chi connectivity index (χ4v) is 8.44. The molecule has 250 valence electrons. The molecule has 0 aliphatic carbocycles. The van der Waals surface area contributed by atoms with Crippen LogP contribution in [0.3, 0.4) is 0 Å². The quantitative estimate of drug-likeness (QED) is 0.161. The summed E-state index contributed by atoms with van der Waals surface area (Å²) in [5, 5.41) is 2.53. The lowest BCUT2D eigenvalue weighted by molar-refractivity contribution is 1.03. The van der Waals surface area contributed by atoms with Gasteiger partial charge < -0.3 is 9.47 Å². The first kappa shape index (κ1) is 31.9. The Morgan fingerprint density at radius 2 is 1.12 bits per heavy atom. The maximum atomic E-state index is 4.35. The molecule has 0 bridgehead atoms. The third-order valence-electron chi connectivity index (χ3n) is 9.96. The Morgan fingerprint density at radius 3 is 1.79 bits per heavy atom. The van der Waals surface area contributed by atoms with E-state index in [0.29, 0.717) is 0 Å². The van der Waals surface area contributed by atoms with Crippen LogP contribution in [-0.2, 0) is 6.42 Å². The van der Waals surface area contributed by atoms with Gasteiger partial charge in [0.15, 0.2) is 0 Å². The number of fused-ring (bicyclic) bond motifs is 4. The summed E-state index contributed by atoms with van der Waals surface area (Å²) in [7, 11) is 0. The van der Waals surface area contributed by atoms with Crippen LogP contribution in [0.15, 0.2) is 198 Å². The molecule has 0 saturated heterocycles. The average molecular weight is 687 g/mol. The lowest BCUT2D eigenvalue weighted by atomic mass is 9.95. The summed E-state index contributed by atoms with van der Waals surface area (Å²) in [5.74, 6) is 0. The number of hydrogen-bond donors (Lipinski definition) is 0. The van der Waals surface area contributed by atoms with E-state index < -0.39 is 0 Å². The van der Waals surface area contributed by atoms with Gasteiger partial charge in [-0.3, -0.25) is 0 Å². The Balaban J connectivity index is 1.25. The van der Waals surface area contributed by atoms with Crippen molar-refractivity contribution in [3.63, 3.8) is 0 Å². The number of benzene rings is 7. The molecule has 0 saturated carbocycles. The van der Waals surface area contributed by atoms with Crippen molar-refractivity contribution in [3.05, 3.63) is 199 Å². The molecule has 0 amide bonds. The Bertz CT molecular complexity index is 2500. The number of para-hydroxylation sites is 4. The zero-order valence-corrected chi connectivity index (χ0v) is 29.8. The van der Waals surface area contributed by atoms with Crippen LogP contribution in [-0.4, -0.2) is 4.57 Å². The Morgan fingerprint density at radius 1 is 0.500 bits per heavy atom. The number of nitrogens with zero attached hydrogens (tertiary/aromatic N) is 2. The highest BCUT2D eigenvalue weighted by atomic mass is 32.2. The molecule has 0 N–H and O–H groups in total. The van der Waals surface area contributed by atoms with Crippen LogP contribution < -0.4 is 4.90 Å². The van der Waals surface area contributed by atoms with E-state index in [1.165, 1.54) is 53.9 Å². The monoisotopic (exact) mass is 686 g/mol. The zero-order chi connectivity index (χ0) is 34.9. The first-order valence-electron chi connectivity index (χ1n) is 18.0. The first-order valence-corrected chi connectivity index (χ1v) is 18.8. The van der Waals surface area contributed by atoms with Gasteiger partial charge in [0.05, 0.1) is 11.0 Å². The van der Waals surface area contributed by atoms with E-state index in [-0.39, 0.29) is 0 Å². The maximum Gasteiger partial charge on any atom is 0.0541 e. The highest BCUT2D eigenvalue weighted by molar-refractivity contribution is 8.03. The molecule has 1 aromatic heterocycles. The summed E-state index contributed by atoms with van der Waals surface area (Å²) < 4.78 is 2.40. The topological polar surface area (TPSA) is 8.17 Å². The number of thioether (sulfide) groups is 1. The highest BCUT2D eigenvalue weighted by Gasteiger charge is 2.18. The van der Waals surface area contributed by atoms with Gasteiger partial charge in [0.25, 0.3) is 0 Å². The second-order valence-corrected chi connectivity index (χ2v) is 14.6. The van der Waals surface area contributed by atoms with E-state index in [4.69, 9.17) is 0 Å². The van der Waals surface area contributed by atoms with Gasteiger partial charge in [0.2, 0.25) is 0 Å². The number of anilines is 3. The molecular formula is C49H38N2S. The second kappa shape index (κ2) is 13.9. The smallest absolute Gasteiger partial charge is 0.0541 e. The van der Waals surface area contributed by atoms with Gasteiger partial charge in [-0.15, -0.1) is 0 Å². The Labute approximate surface area is 310 Å². The fraction of sp³-hybridized carbons (Fsp3) is 0.0612. The molecule has 1 aliphatic rings. The molecule has 3 heteroatoms. The summed E-state index contributed by atoms with van der Waals surface area (Å²) in [6.07, 6.45) is 7.58. The molecule has 0 fully saturated rings.